The van der Waals surface area contributed by atoms with Crippen LogP contribution in [0.1, 0.15) is 36.0 Å². The normalized spacial score (nSPS) is 11.8. The fourth-order valence-electron chi connectivity index (χ4n) is 2.53. The minimum Gasteiger partial charge on any atom is -0.449 e. The van der Waals surface area contributed by atoms with Crippen molar-refractivity contribution < 1.29 is 19.1 Å². The molecule has 0 spiro atoms. The predicted molar refractivity (Wildman–Crippen MR) is 100 cm³/mol. The third kappa shape index (κ3) is 4.06. The van der Waals surface area contributed by atoms with Crippen LogP contribution >= 0.6 is 34.8 Å². The predicted octanol–water partition coefficient (Wildman–Crippen LogP) is 5.77. The molecule has 8 heteroatoms. The summed E-state index contributed by atoms with van der Waals surface area (Å²) in [5.41, 5.74) is 5.42. The fraction of sp³-hybridized carbons (Fsp3) is 0.222. The number of amides is 1. The second kappa shape index (κ2) is 7.74. The summed E-state index contributed by atoms with van der Waals surface area (Å²) in [5.74, 6) is 1.02. The number of carbonyl (C=O) groups excluding carboxylic acids is 2. The van der Waals surface area contributed by atoms with Crippen molar-refractivity contribution in [2.24, 2.45) is 5.73 Å². The van der Waals surface area contributed by atoms with Crippen molar-refractivity contribution in [3.8, 4) is 23.0 Å². The highest BCUT2D eigenvalue weighted by atomic mass is 35.5. The van der Waals surface area contributed by atoms with Gasteiger partial charge in [0.15, 0.2) is 28.8 Å². The number of primary amides is 1. The van der Waals surface area contributed by atoms with Gasteiger partial charge in [0.25, 0.3) is 0 Å². The van der Waals surface area contributed by atoms with Crippen LogP contribution < -0.4 is 15.2 Å². The van der Waals surface area contributed by atoms with Gasteiger partial charge in [0.05, 0.1) is 15.1 Å². The maximum absolute atomic E-state index is 12.4. The van der Waals surface area contributed by atoms with E-state index in [9.17, 15) is 9.59 Å². The Morgan fingerprint density at radius 2 is 1.23 bits per heavy atom. The summed E-state index contributed by atoms with van der Waals surface area (Å²) in [4.78, 5) is 23.1. The van der Waals surface area contributed by atoms with E-state index in [0.717, 1.165) is 0 Å². The van der Waals surface area contributed by atoms with E-state index in [2.05, 4.69) is 0 Å². The molecule has 0 radical (unpaired) electrons. The first kappa shape index (κ1) is 18.8. The summed E-state index contributed by atoms with van der Waals surface area (Å²) < 4.78 is 11.5. The Morgan fingerprint density at radius 3 is 1.77 bits per heavy atom. The van der Waals surface area contributed by atoms with Gasteiger partial charge in [-0.15, -0.1) is 0 Å². The molecule has 1 aliphatic heterocycles. The van der Waals surface area contributed by atoms with E-state index in [1.54, 1.807) is 18.2 Å². The van der Waals surface area contributed by atoms with E-state index < -0.39 is 0 Å². The smallest absolute Gasteiger partial charge is 0.217 e. The molecule has 0 aliphatic carbocycles. The Bertz CT molecular complexity index is 898. The lowest BCUT2D eigenvalue weighted by molar-refractivity contribution is -0.118. The highest BCUT2D eigenvalue weighted by Crippen LogP contribution is 2.49. The second-order valence-electron chi connectivity index (χ2n) is 5.79. The summed E-state index contributed by atoms with van der Waals surface area (Å²) in [6.45, 7) is 0. The van der Waals surface area contributed by atoms with Crippen LogP contribution in [0.25, 0.3) is 0 Å². The highest BCUT2D eigenvalue weighted by molar-refractivity contribution is 6.42. The average Bonchev–Trinajstić information content (AvgIpc) is 2.57. The Balaban J connectivity index is 1.79. The van der Waals surface area contributed by atoms with Crippen LogP contribution in [0.5, 0.6) is 23.0 Å². The van der Waals surface area contributed by atoms with E-state index >= 15 is 0 Å². The van der Waals surface area contributed by atoms with Gasteiger partial charge in [-0.1, -0.05) is 34.8 Å². The number of Topliss-reactive ketones (excluding diaryl/α,β-unsaturated/α-hetero) is 1. The van der Waals surface area contributed by atoms with Gasteiger partial charge >= 0.3 is 0 Å². The Kier molecular flexibility index (Phi) is 5.61. The van der Waals surface area contributed by atoms with Gasteiger partial charge in [-0.3, -0.25) is 9.59 Å². The molecule has 0 atom stereocenters. The number of fused-ring (bicyclic) bond motifs is 2. The van der Waals surface area contributed by atoms with E-state index in [0.29, 0.717) is 51.4 Å². The van der Waals surface area contributed by atoms with Crippen molar-refractivity contribution in [3.63, 3.8) is 0 Å². The molecule has 0 aromatic heterocycles. The molecule has 1 aliphatic rings. The molecule has 3 rings (SSSR count). The molecule has 0 bridgehead atoms. The van der Waals surface area contributed by atoms with Crippen molar-refractivity contribution in [3.05, 3.63) is 44.9 Å². The first-order chi connectivity index (χ1) is 12.3. The molecule has 26 heavy (non-hydrogen) atoms. The lowest BCUT2D eigenvalue weighted by Crippen LogP contribution is -2.10. The van der Waals surface area contributed by atoms with Crippen LogP contribution in [0.15, 0.2) is 24.3 Å². The largest absolute Gasteiger partial charge is 0.449 e. The first-order valence-corrected chi connectivity index (χ1v) is 8.98. The van der Waals surface area contributed by atoms with Crippen molar-refractivity contribution in [2.75, 3.05) is 0 Å². The minimum absolute atomic E-state index is 0.147. The summed E-state index contributed by atoms with van der Waals surface area (Å²) in [7, 11) is 0. The third-order valence-electron chi connectivity index (χ3n) is 3.84. The zero-order valence-corrected chi connectivity index (χ0v) is 15.7. The lowest BCUT2D eigenvalue weighted by atomic mass is 10.0. The van der Waals surface area contributed by atoms with Gasteiger partial charge < -0.3 is 15.2 Å². The number of rotatable bonds is 6. The molecule has 0 unspecified atom stereocenters. The van der Waals surface area contributed by atoms with E-state index in [1.807, 2.05) is 0 Å². The second-order valence-corrected chi connectivity index (χ2v) is 7.01. The van der Waals surface area contributed by atoms with E-state index in [1.165, 1.54) is 6.07 Å². The summed E-state index contributed by atoms with van der Waals surface area (Å²) in [5, 5.41) is 0.930. The van der Waals surface area contributed by atoms with Crippen molar-refractivity contribution in [1.82, 2.24) is 0 Å². The standard InChI is InChI=1S/C18H14Cl3NO4/c19-10-6-15-14(5-9(10)13(23)3-1-2-4-18(22)24)25-16-7-11(20)12(21)8-17(16)26-15/h5-8H,1-4H2,(H2,22,24). The number of unbranched alkanes of at least 4 members (excludes halogenated alkanes) is 1. The number of nitrogens with two attached hydrogens (primary N) is 1. The quantitative estimate of drug-likeness (QED) is 0.410. The summed E-state index contributed by atoms with van der Waals surface area (Å²) in [6, 6.07) is 6.16. The zero-order valence-electron chi connectivity index (χ0n) is 13.5. The number of ether oxygens (including phenoxy) is 2. The molecule has 2 N–H and O–H groups in total. The fourth-order valence-corrected chi connectivity index (χ4v) is 3.10. The monoisotopic (exact) mass is 413 g/mol. The molecule has 0 fully saturated rings. The van der Waals surface area contributed by atoms with Crippen LogP contribution in [0.4, 0.5) is 0 Å². The van der Waals surface area contributed by atoms with Gasteiger partial charge in [-0.25, -0.2) is 0 Å². The maximum Gasteiger partial charge on any atom is 0.217 e. The van der Waals surface area contributed by atoms with Crippen LogP contribution in [-0.4, -0.2) is 11.7 Å². The number of ketones is 1. The van der Waals surface area contributed by atoms with Gasteiger partial charge in [-0.2, -0.15) is 0 Å². The van der Waals surface area contributed by atoms with Gasteiger partial charge in [0, 0.05) is 36.6 Å². The first-order valence-electron chi connectivity index (χ1n) is 7.85. The molecule has 0 saturated carbocycles. The minimum atomic E-state index is -0.382. The van der Waals surface area contributed by atoms with Crippen molar-refractivity contribution >= 4 is 46.5 Å². The molecular formula is C18H14Cl3NO4. The van der Waals surface area contributed by atoms with E-state index in [-0.39, 0.29) is 29.6 Å². The Labute approximate surface area is 164 Å². The molecule has 136 valence electrons. The molecular weight excluding hydrogens is 401 g/mol. The number of hydrogen-bond donors (Lipinski definition) is 1. The molecule has 5 nitrogen and oxygen atoms in total. The van der Waals surface area contributed by atoms with Gasteiger partial charge in [-0.05, 0) is 18.9 Å². The molecule has 1 amide bonds. The SMILES string of the molecule is NC(=O)CCCCC(=O)c1cc2c(cc1Cl)Oc1cc(Cl)c(Cl)cc1O2. The van der Waals surface area contributed by atoms with Crippen LogP contribution in [0.3, 0.4) is 0 Å². The molecule has 1 heterocycles. The number of carbonyl (C=O) groups is 2. The Hall–Kier alpha value is -1.95. The van der Waals surface area contributed by atoms with Crippen LogP contribution in [-0.2, 0) is 4.79 Å². The number of hydrogen-bond acceptors (Lipinski definition) is 4. The van der Waals surface area contributed by atoms with E-state index in [4.69, 9.17) is 50.0 Å². The zero-order chi connectivity index (χ0) is 18.8. The number of halogens is 3. The lowest BCUT2D eigenvalue weighted by Gasteiger charge is -2.22. The molecule has 0 saturated heterocycles. The molecule has 2 aromatic carbocycles. The van der Waals surface area contributed by atoms with Crippen LogP contribution in [0, 0.1) is 0 Å². The van der Waals surface area contributed by atoms with Crippen molar-refractivity contribution in [1.29, 1.82) is 0 Å². The maximum atomic E-state index is 12.4. The topological polar surface area (TPSA) is 78.6 Å². The number of benzene rings is 2. The van der Waals surface area contributed by atoms with Crippen molar-refractivity contribution in [2.45, 2.75) is 25.7 Å². The third-order valence-corrected chi connectivity index (χ3v) is 4.87. The van der Waals surface area contributed by atoms with Crippen LogP contribution in [0.2, 0.25) is 15.1 Å². The molecule has 2 aromatic rings. The average molecular weight is 415 g/mol. The van der Waals surface area contributed by atoms with Gasteiger partial charge in [0.2, 0.25) is 5.91 Å². The summed E-state index contributed by atoms with van der Waals surface area (Å²) >= 11 is 18.2. The van der Waals surface area contributed by atoms with Gasteiger partial charge in [0.1, 0.15) is 0 Å². The Morgan fingerprint density at radius 1 is 0.769 bits per heavy atom. The summed E-state index contributed by atoms with van der Waals surface area (Å²) in [6.07, 6.45) is 1.60. The highest BCUT2D eigenvalue weighted by Gasteiger charge is 2.24.